The first-order valence-corrected chi connectivity index (χ1v) is 16.9. The fourth-order valence-electron chi connectivity index (χ4n) is 3.76. The molecule has 0 aliphatic rings. The van der Waals surface area contributed by atoms with Crippen molar-refractivity contribution in [1.29, 1.82) is 0 Å². The Labute approximate surface area is 244 Å². The molecular weight excluding hydrogens is 533 g/mol. The van der Waals surface area contributed by atoms with Crippen LogP contribution in [0.2, 0.25) is 0 Å². The van der Waals surface area contributed by atoms with Gasteiger partial charge < -0.3 is 18.9 Å². The summed E-state index contributed by atoms with van der Waals surface area (Å²) in [5.41, 5.74) is 0. The van der Waals surface area contributed by atoms with Gasteiger partial charge in [0.25, 0.3) is 0 Å². The van der Waals surface area contributed by atoms with Gasteiger partial charge in [0.15, 0.2) is 6.10 Å². The third kappa shape index (κ3) is 26.9. The Bertz CT molecular complexity index is 723. The summed E-state index contributed by atoms with van der Waals surface area (Å²) < 4.78 is 33.7. The number of carbonyl (C=O) groups is 2. The number of phosphoric ester groups is 1. The first kappa shape index (κ1) is 38.8. The van der Waals surface area contributed by atoms with Crippen LogP contribution in [0.4, 0.5) is 0 Å². The highest BCUT2D eigenvalue weighted by molar-refractivity contribution is 7.47. The predicted molar refractivity (Wildman–Crippen MR) is 160 cm³/mol. The Hall–Kier alpha value is -1.25. The van der Waals surface area contributed by atoms with Gasteiger partial charge in [-0.05, 0) is 32.1 Å². The summed E-state index contributed by atoms with van der Waals surface area (Å²) >= 11 is 0. The monoisotopic (exact) mass is 592 g/mol. The highest BCUT2D eigenvalue weighted by atomic mass is 31.2. The summed E-state index contributed by atoms with van der Waals surface area (Å²) in [4.78, 5) is 34.6. The second-order valence-electron chi connectivity index (χ2n) is 11.5. The summed E-state index contributed by atoms with van der Waals surface area (Å²) in [6, 6.07) is 0. The smallest absolute Gasteiger partial charge is 0.462 e. The van der Waals surface area contributed by atoms with Crippen molar-refractivity contribution in [3.05, 3.63) is 12.2 Å². The molecule has 0 rings (SSSR count). The molecule has 1 unspecified atom stereocenters. The van der Waals surface area contributed by atoms with Crippen LogP contribution in [0, 0.1) is 0 Å². The van der Waals surface area contributed by atoms with Crippen molar-refractivity contribution in [1.82, 2.24) is 0 Å². The Kier molecular flexibility index (Phi) is 23.6. The summed E-state index contributed by atoms with van der Waals surface area (Å²) in [6.07, 6.45) is 18.7. The average molecular weight is 593 g/mol. The molecule has 0 bridgehead atoms. The number of rotatable bonds is 27. The van der Waals surface area contributed by atoms with E-state index in [-0.39, 0.29) is 32.0 Å². The summed E-state index contributed by atoms with van der Waals surface area (Å²) in [5.74, 6) is -0.828. The van der Waals surface area contributed by atoms with Gasteiger partial charge in [-0.3, -0.25) is 18.6 Å². The van der Waals surface area contributed by atoms with E-state index in [1.54, 1.807) is 0 Å². The highest BCUT2D eigenvalue weighted by Crippen LogP contribution is 2.43. The van der Waals surface area contributed by atoms with Crippen molar-refractivity contribution in [3.8, 4) is 0 Å². The lowest BCUT2D eigenvalue weighted by atomic mass is 10.1. The zero-order valence-electron chi connectivity index (χ0n) is 26.1. The van der Waals surface area contributed by atoms with Crippen molar-refractivity contribution in [2.24, 2.45) is 0 Å². The molecule has 1 N–H and O–H groups in total. The van der Waals surface area contributed by atoms with Gasteiger partial charge >= 0.3 is 19.8 Å². The number of phosphoric acid groups is 1. The lowest BCUT2D eigenvalue weighted by molar-refractivity contribution is -0.870. The molecule has 0 aromatic rings. The molecule has 40 heavy (non-hydrogen) atoms. The Balaban J connectivity index is 4.52. The van der Waals surface area contributed by atoms with Gasteiger partial charge in [-0.15, -0.1) is 0 Å². The molecule has 0 aromatic carbocycles. The molecule has 0 fully saturated rings. The molecule has 10 heteroatoms. The van der Waals surface area contributed by atoms with Crippen LogP contribution >= 0.6 is 7.82 Å². The second kappa shape index (κ2) is 24.4. The molecule has 0 heterocycles. The minimum atomic E-state index is -4.35. The molecule has 9 nitrogen and oxygen atoms in total. The summed E-state index contributed by atoms with van der Waals surface area (Å²) in [5, 5.41) is 0. The maximum Gasteiger partial charge on any atom is 0.472 e. The van der Waals surface area contributed by atoms with Crippen LogP contribution in [0.25, 0.3) is 0 Å². The Morgan fingerprint density at radius 2 is 1.30 bits per heavy atom. The van der Waals surface area contributed by atoms with Crippen LogP contribution in [0.3, 0.4) is 0 Å². The SMILES string of the molecule is CCCC/C=C/CCCCCCCC(=O)O[C@H](COC(=O)CCCCCCC)COP(=O)(O)OCC[N+](C)(C)C. The lowest BCUT2D eigenvalue weighted by Crippen LogP contribution is -2.37. The van der Waals surface area contributed by atoms with E-state index in [4.69, 9.17) is 18.5 Å². The molecule has 2 atom stereocenters. The lowest BCUT2D eigenvalue weighted by Gasteiger charge is -2.24. The van der Waals surface area contributed by atoms with Crippen LogP contribution in [0.1, 0.15) is 117 Å². The number of hydrogen-bond acceptors (Lipinski definition) is 7. The predicted octanol–water partition coefficient (Wildman–Crippen LogP) is 7.12. The molecule has 0 aliphatic carbocycles. The van der Waals surface area contributed by atoms with Crippen LogP contribution in [-0.4, -0.2) is 74.9 Å². The van der Waals surface area contributed by atoms with Crippen LogP contribution in [-0.2, 0) is 32.7 Å². The van der Waals surface area contributed by atoms with Crippen LogP contribution < -0.4 is 0 Å². The number of unbranched alkanes of at least 4 members (excludes halogenated alkanes) is 11. The van der Waals surface area contributed by atoms with E-state index in [2.05, 4.69) is 26.0 Å². The molecule has 0 amide bonds. The number of allylic oxidation sites excluding steroid dienone is 2. The molecule has 0 saturated heterocycles. The molecule has 236 valence electrons. The number of hydrogen-bond donors (Lipinski definition) is 1. The summed E-state index contributed by atoms with van der Waals surface area (Å²) in [6.45, 7) is 4.24. The van der Waals surface area contributed by atoms with Gasteiger partial charge in [-0.25, -0.2) is 4.57 Å². The van der Waals surface area contributed by atoms with Gasteiger partial charge in [0.05, 0.1) is 27.7 Å². The van der Waals surface area contributed by atoms with Gasteiger partial charge in [0.1, 0.15) is 19.8 Å². The van der Waals surface area contributed by atoms with E-state index in [0.717, 1.165) is 70.6 Å². The number of ether oxygens (including phenoxy) is 2. The first-order valence-electron chi connectivity index (χ1n) is 15.4. The fraction of sp³-hybridized carbons (Fsp3) is 0.867. The third-order valence-corrected chi connectivity index (χ3v) is 7.28. The van der Waals surface area contributed by atoms with Crippen molar-refractivity contribution in [2.45, 2.75) is 123 Å². The quantitative estimate of drug-likeness (QED) is 0.0353. The minimum absolute atomic E-state index is 0.0316. The number of likely N-dealkylation sites (N-methyl/N-ethyl adjacent to an activating group) is 1. The number of carbonyl (C=O) groups excluding carboxylic acids is 2. The zero-order valence-corrected chi connectivity index (χ0v) is 27.0. The standard InChI is InChI=1S/C30H58NO8P/c1-6-8-10-12-13-14-15-16-17-19-21-23-30(33)39-28(26-36-29(32)22-20-18-11-9-7-2)27-38-40(34,35)37-25-24-31(3,4)5/h12-13,28H,6-11,14-27H2,1-5H3/p+1/b13-12+/t28-/m1/s1. The van der Waals surface area contributed by atoms with Crippen molar-refractivity contribution in [2.75, 3.05) is 47.5 Å². The number of esters is 2. The second-order valence-corrected chi connectivity index (χ2v) is 12.9. The molecule has 0 aliphatic heterocycles. The highest BCUT2D eigenvalue weighted by Gasteiger charge is 2.27. The largest absolute Gasteiger partial charge is 0.472 e. The van der Waals surface area contributed by atoms with Crippen LogP contribution in [0.5, 0.6) is 0 Å². The van der Waals surface area contributed by atoms with E-state index in [9.17, 15) is 19.0 Å². The van der Waals surface area contributed by atoms with E-state index < -0.39 is 26.5 Å². The van der Waals surface area contributed by atoms with Gasteiger partial charge in [-0.1, -0.05) is 83.8 Å². The summed E-state index contributed by atoms with van der Waals surface area (Å²) in [7, 11) is 1.47. The van der Waals surface area contributed by atoms with Crippen molar-refractivity contribution >= 4 is 19.8 Å². The first-order chi connectivity index (χ1) is 19.0. The normalized spacial score (nSPS) is 14.2. The van der Waals surface area contributed by atoms with E-state index in [1.807, 2.05) is 21.1 Å². The third-order valence-electron chi connectivity index (χ3n) is 6.30. The van der Waals surface area contributed by atoms with Crippen molar-refractivity contribution in [3.63, 3.8) is 0 Å². The Morgan fingerprint density at radius 1 is 0.750 bits per heavy atom. The molecular formula is C30H59NO8P+. The van der Waals surface area contributed by atoms with Crippen LogP contribution in [0.15, 0.2) is 12.2 Å². The zero-order chi connectivity index (χ0) is 30.1. The van der Waals surface area contributed by atoms with Gasteiger partial charge in [0.2, 0.25) is 0 Å². The molecule has 0 saturated carbocycles. The van der Waals surface area contributed by atoms with Crippen molar-refractivity contribution < 1.29 is 42.1 Å². The average Bonchev–Trinajstić information content (AvgIpc) is 2.87. The number of nitrogens with zero attached hydrogens (tertiary/aromatic N) is 1. The number of quaternary nitrogens is 1. The van der Waals surface area contributed by atoms with E-state index >= 15 is 0 Å². The Morgan fingerprint density at radius 3 is 1.93 bits per heavy atom. The maximum atomic E-state index is 12.4. The van der Waals surface area contributed by atoms with E-state index in [0.29, 0.717) is 17.4 Å². The maximum absolute atomic E-state index is 12.4. The van der Waals surface area contributed by atoms with Gasteiger partial charge in [0, 0.05) is 12.8 Å². The topological polar surface area (TPSA) is 108 Å². The molecule has 0 radical (unpaired) electrons. The minimum Gasteiger partial charge on any atom is -0.462 e. The van der Waals surface area contributed by atoms with E-state index in [1.165, 1.54) is 12.8 Å². The molecule has 0 spiro atoms. The molecule has 0 aromatic heterocycles. The van der Waals surface area contributed by atoms with Gasteiger partial charge in [-0.2, -0.15) is 0 Å². The fourth-order valence-corrected chi connectivity index (χ4v) is 4.50.